The summed E-state index contributed by atoms with van der Waals surface area (Å²) in [5, 5.41) is 17.0. The number of carbonyl (C=O) groups excluding carboxylic acids is 1. The number of aryl methyl sites for hydroxylation is 1. The van der Waals surface area contributed by atoms with Crippen LogP contribution in [0.25, 0.3) is 22.5 Å². The van der Waals surface area contributed by atoms with E-state index in [4.69, 9.17) is 0 Å². The molecule has 0 aliphatic rings. The Labute approximate surface area is 191 Å². The van der Waals surface area contributed by atoms with Crippen molar-refractivity contribution in [3.05, 3.63) is 87.8 Å². The molecule has 2 aromatic heterocycles. The van der Waals surface area contributed by atoms with Crippen LogP contribution in [0.2, 0.25) is 0 Å². The van der Waals surface area contributed by atoms with Gasteiger partial charge in [-0.25, -0.2) is 0 Å². The highest BCUT2D eigenvalue weighted by atomic mass is 16.2. The molecular weight excluding hydrogens is 416 g/mol. The molecule has 2 heterocycles. The van der Waals surface area contributed by atoms with Crippen molar-refractivity contribution in [2.45, 2.75) is 32.7 Å². The number of carbonyl (C=O) groups is 1. The monoisotopic (exact) mass is 442 g/mol. The molecule has 33 heavy (non-hydrogen) atoms. The van der Waals surface area contributed by atoms with Gasteiger partial charge in [0.2, 0.25) is 5.82 Å². The third-order valence-electron chi connectivity index (χ3n) is 5.61. The van der Waals surface area contributed by atoms with Gasteiger partial charge < -0.3 is 9.88 Å². The molecular formula is C25H26N6O2. The zero-order valence-electron chi connectivity index (χ0n) is 18.7. The summed E-state index contributed by atoms with van der Waals surface area (Å²) < 4.78 is 1.75. The van der Waals surface area contributed by atoms with Crippen molar-refractivity contribution in [2.75, 3.05) is 7.05 Å². The number of nitrogens with one attached hydrogen (secondary N) is 2. The summed E-state index contributed by atoms with van der Waals surface area (Å²) in [5.74, 6) is 0.291. The summed E-state index contributed by atoms with van der Waals surface area (Å²) in [5.41, 5.74) is 5.01. The summed E-state index contributed by atoms with van der Waals surface area (Å²) in [4.78, 5) is 24.9. The molecule has 0 saturated carbocycles. The number of H-pyrrole nitrogens is 1. The first-order valence-corrected chi connectivity index (χ1v) is 11.0. The molecule has 2 N–H and O–H groups in total. The Kier molecular flexibility index (Phi) is 6.73. The number of hydrogen-bond acceptors (Lipinski definition) is 5. The Bertz CT molecular complexity index is 1290. The summed E-state index contributed by atoms with van der Waals surface area (Å²) in [6, 6.07) is 19.2. The fourth-order valence-electron chi connectivity index (χ4n) is 3.85. The molecule has 2 aromatic carbocycles. The van der Waals surface area contributed by atoms with Gasteiger partial charge >= 0.3 is 0 Å². The third kappa shape index (κ3) is 4.90. The number of rotatable bonds is 8. The molecule has 0 bridgehead atoms. The van der Waals surface area contributed by atoms with Gasteiger partial charge in [0.1, 0.15) is 0 Å². The van der Waals surface area contributed by atoms with Gasteiger partial charge in [-0.3, -0.25) is 9.59 Å². The number of tetrazole rings is 1. The lowest BCUT2D eigenvalue weighted by Gasteiger charge is -2.15. The van der Waals surface area contributed by atoms with Crippen LogP contribution in [0.3, 0.4) is 0 Å². The van der Waals surface area contributed by atoms with E-state index in [9.17, 15) is 9.59 Å². The van der Waals surface area contributed by atoms with Crippen molar-refractivity contribution in [1.82, 2.24) is 30.5 Å². The first-order chi connectivity index (χ1) is 16.1. The van der Waals surface area contributed by atoms with E-state index < -0.39 is 0 Å². The van der Waals surface area contributed by atoms with Crippen molar-refractivity contribution in [3.8, 4) is 22.5 Å². The minimum absolute atomic E-state index is 0.172. The standard InChI is InChI=1S/C25H26N6O2/c1-3-4-7-20-14-19(25(33)26-2)15-23(32)31(20)16-17-10-12-18(13-11-17)21-8-5-6-9-22(21)24-27-29-30-28-24/h5-6,8-15H,3-4,7,16H2,1-2H3,(H,26,33)(H,27,28,29,30). The molecule has 0 saturated heterocycles. The van der Waals surface area contributed by atoms with E-state index in [2.05, 4.69) is 32.9 Å². The maximum atomic E-state index is 12.9. The molecule has 4 aromatic rings. The Morgan fingerprint density at radius 1 is 1.06 bits per heavy atom. The fourth-order valence-corrected chi connectivity index (χ4v) is 3.85. The Morgan fingerprint density at radius 3 is 2.48 bits per heavy atom. The van der Waals surface area contributed by atoms with Crippen LogP contribution in [0.4, 0.5) is 0 Å². The summed E-state index contributed by atoms with van der Waals surface area (Å²) >= 11 is 0. The summed E-state index contributed by atoms with van der Waals surface area (Å²) in [6.45, 7) is 2.55. The average molecular weight is 443 g/mol. The van der Waals surface area contributed by atoms with Crippen molar-refractivity contribution < 1.29 is 4.79 Å². The molecule has 0 aliphatic carbocycles. The first kappa shape index (κ1) is 22.1. The molecule has 0 atom stereocenters. The van der Waals surface area contributed by atoms with Crippen LogP contribution in [0.1, 0.15) is 41.4 Å². The molecule has 8 heteroatoms. The Morgan fingerprint density at radius 2 is 1.82 bits per heavy atom. The van der Waals surface area contributed by atoms with E-state index in [1.165, 1.54) is 6.07 Å². The highest BCUT2D eigenvalue weighted by molar-refractivity contribution is 5.93. The second kappa shape index (κ2) is 10.0. The van der Waals surface area contributed by atoms with Gasteiger partial charge in [-0.15, -0.1) is 10.2 Å². The van der Waals surface area contributed by atoms with Gasteiger partial charge in [0, 0.05) is 29.9 Å². The van der Waals surface area contributed by atoms with Gasteiger partial charge in [-0.2, -0.15) is 5.21 Å². The molecule has 0 radical (unpaired) electrons. The minimum atomic E-state index is -0.249. The SMILES string of the molecule is CCCCc1cc(C(=O)NC)cc(=O)n1Cc1ccc(-c2ccccc2-c2nn[nH]n2)cc1. The van der Waals surface area contributed by atoms with Gasteiger partial charge in [0.05, 0.1) is 6.54 Å². The van der Waals surface area contributed by atoms with Gasteiger partial charge in [-0.1, -0.05) is 61.9 Å². The second-order valence-corrected chi connectivity index (χ2v) is 7.82. The van der Waals surface area contributed by atoms with E-state index in [1.807, 2.05) is 54.6 Å². The zero-order valence-corrected chi connectivity index (χ0v) is 18.7. The van der Waals surface area contributed by atoms with Crippen LogP contribution in [0.15, 0.2) is 65.5 Å². The van der Waals surface area contributed by atoms with E-state index in [0.717, 1.165) is 47.2 Å². The number of benzene rings is 2. The van der Waals surface area contributed by atoms with E-state index in [0.29, 0.717) is 17.9 Å². The van der Waals surface area contributed by atoms with E-state index in [1.54, 1.807) is 11.6 Å². The molecule has 8 nitrogen and oxygen atoms in total. The van der Waals surface area contributed by atoms with Crippen molar-refractivity contribution in [2.24, 2.45) is 0 Å². The zero-order chi connectivity index (χ0) is 23.2. The quantitative estimate of drug-likeness (QED) is 0.435. The van der Waals surface area contributed by atoms with Crippen molar-refractivity contribution >= 4 is 5.91 Å². The molecule has 1 amide bonds. The lowest BCUT2D eigenvalue weighted by atomic mass is 9.98. The van der Waals surface area contributed by atoms with Crippen LogP contribution in [-0.2, 0) is 13.0 Å². The summed E-state index contributed by atoms with van der Waals surface area (Å²) in [7, 11) is 1.57. The van der Waals surface area contributed by atoms with Crippen LogP contribution < -0.4 is 10.9 Å². The number of amides is 1. The number of aromatic nitrogens is 5. The number of aromatic amines is 1. The molecule has 0 aliphatic heterocycles. The van der Waals surface area contributed by atoms with Crippen molar-refractivity contribution in [1.29, 1.82) is 0 Å². The molecule has 168 valence electrons. The van der Waals surface area contributed by atoms with Gasteiger partial charge in [0.25, 0.3) is 11.5 Å². The predicted octanol–water partition coefficient (Wildman–Crippen LogP) is 3.45. The van der Waals surface area contributed by atoms with E-state index >= 15 is 0 Å². The third-order valence-corrected chi connectivity index (χ3v) is 5.61. The average Bonchev–Trinajstić information content (AvgIpc) is 3.39. The highest BCUT2D eigenvalue weighted by Gasteiger charge is 2.13. The first-order valence-electron chi connectivity index (χ1n) is 11.0. The summed E-state index contributed by atoms with van der Waals surface area (Å²) in [6.07, 6.45) is 2.70. The fraction of sp³-hybridized carbons (Fsp3) is 0.240. The lowest BCUT2D eigenvalue weighted by molar-refractivity contribution is 0.0962. The predicted molar refractivity (Wildman–Crippen MR) is 127 cm³/mol. The van der Waals surface area contributed by atoms with E-state index in [-0.39, 0.29) is 11.5 Å². The molecule has 0 fully saturated rings. The van der Waals surface area contributed by atoms with Crippen molar-refractivity contribution in [3.63, 3.8) is 0 Å². The van der Waals surface area contributed by atoms with Crippen LogP contribution >= 0.6 is 0 Å². The molecule has 4 rings (SSSR count). The lowest BCUT2D eigenvalue weighted by Crippen LogP contribution is -2.27. The molecule has 0 unspecified atom stereocenters. The number of pyridine rings is 1. The normalized spacial score (nSPS) is 10.8. The van der Waals surface area contributed by atoms with Crippen LogP contribution in [-0.4, -0.2) is 38.1 Å². The smallest absolute Gasteiger partial charge is 0.251 e. The number of unbranched alkanes of at least 4 members (excludes halogenated alkanes) is 1. The largest absolute Gasteiger partial charge is 0.355 e. The Hall–Kier alpha value is -4.07. The topological polar surface area (TPSA) is 106 Å². The van der Waals surface area contributed by atoms with Gasteiger partial charge in [-0.05, 0) is 40.8 Å². The van der Waals surface area contributed by atoms with Crippen LogP contribution in [0.5, 0.6) is 0 Å². The number of hydrogen-bond donors (Lipinski definition) is 2. The van der Waals surface area contributed by atoms with Gasteiger partial charge in [0.15, 0.2) is 0 Å². The van der Waals surface area contributed by atoms with Crippen LogP contribution in [0, 0.1) is 0 Å². The maximum Gasteiger partial charge on any atom is 0.251 e. The Balaban J connectivity index is 1.64. The second-order valence-electron chi connectivity index (χ2n) is 7.82. The maximum absolute atomic E-state index is 12.9. The number of nitrogens with zero attached hydrogens (tertiary/aromatic N) is 4. The minimum Gasteiger partial charge on any atom is -0.355 e. The molecule has 0 spiro atoms. The highest BCUT2D eigenvalue weighted by Crippen LogP contribution is 2.29.